The number of anilines is 1. The average Bonchev–Trinajstić information content (AvgIpc) is 2.76. The summed E-state index contributed by atoms with van der Waals surface area (Å²) in [6.45, 7) is 0.00836. The number of carboxylic acids is 1. The number of carbonyl (C=O) groups is 2. The molecule has 108 valence electrons. The molecule has 2 unspecified atom stereocenters. The van der Waals surface area contributed by atoms with Gasteiger partial charge in [-0.1, -0.05) is 15.9 Å². The number of hydrogen-bond donors (Lipinski definition) is 3. The van der Waals surface area contributed by atoms with E-state index in [2.05, 4.69) is 37.2 Å². The molecule has 8 heteroatoms. The Morgan fingerprint density at radius 3 is 2.70 bits per heavy atom. The van der Waals surface area contributed by atoms with Crippen molar-refractivity contribution >= 4 is 49.5 Å². The topological polar surface area (TPSA) is 89.9 Å². The predicted molar refractivity (Wildman–Crippen MR) is 79.6 cm³/mol. The molecular formula is C12H12Br2N2O4. The highest BCUT2D eigenvalue weighted by molar-refractivity contribution is 9.11. The number of aliphatic hydroxyl groups excluding tert-OH is 1. The number of halogens is 2. The molecule has 1 saturated heterocycles. The number of likely N-dealkylation sites (tertiary alicyclic amines) is 1. The number of β-amino-alcohol motifs (C(OH)–C–C–N with tert-alkyl or cyclic N) is 1. The molecule has 2 atom stereocenters. The molecule has 0 spiro atoms. The first-order chi connectivity index (χ1) is 9.38. The number of hydrogen-bond acceptors (Lipinski definition) is 3. The number of carboxylic acid groups (broad SMARTS) is 1. The van der Waals surface area contributed by atoms with Crippen molar-refractivity contribution in [3.63, 3.8) is 0 Å². The second-order valence-electron chi connectivity index (χ2n) is 4.45. The zero-order chi connectivity index (χ0) is 14.9. The van der Waals surface area contributed by atoms with Gasteiger partial charge in [0.2, 0.25) is 0 Å². The van der Waals surface area contributed by atoms with Crippen LogP contribution in [0.15, 0.2) is 27.1 Å². The van der Waals surface area contributed by atoms with Crippen LogP contribution in [-0.4, -0.2) is 45.8 Å². The minimum absolute atomic E-state index is 0.00836. The van der Waals surface area contributed by atoms with Crippen molar-refractivity contribution in [1.82, 2.24) is 4.90 Å². The van der Waals surface area contributed by atoms with E-state index in [0.717, 1.165) is 9.37 Å². The second kappa shape index (κ2) is 6.11. The van der Waals surface area contributed by atoms with Crippen LogP contribution in [0.25, 0.3) is 0 Å². The van der Waals surface area contributed by atoms with Crippen molar-refractivity contribution in [3.05, 3.63) is 27.1 Å². The molecule has 1 fully saturated rings. The van der Waals surface area contributed by atoms with Crippen molar-refractivity contribution in [1.29, 1.82) is 0 Å². The van der Waals surface area contributed by atoms with E-state index in [-0.39, 0.29) is 13.0 Å². The van der Waals surface area contributed by atoms with Gasteiger partial charge in [-0.15, -0.1) is 0 Å². The number of urea groups is 1. The van der Waals surface area contributed by atoms with Gasteiger partial charge in [0.1, 0.15) is 6.04 Å². The van der Waals surface area contributed by atoms with Crippen LogP contribution in [0.1, 0.15) is 6.42 Å². The van der Waals surface area contributed by atoms with Gasteiger partial charge in [-0.3, -0.25) is 0 Å². The van der Waals surface area contributed by atoms with Gasteiger partial charge in [-0.05, 0) is 34.1 Å². The van der Waals surface area contributed by atoms with E-state index in [1.54, 1.807) is 18.2 Å². The molecule has 1 heterocycles. The highest BCUT2D eigenvalue weighted by Gasteiger charge is 2.39. The fraction of sp³-hybridized carbons (Fsp3) is 0.333. The Morgan fingerprint density at radius 2 is 2.05 bits per heavy atom. The van der Waals surface area contributed by atoms with Crippen LogP contribution in [-0.2, 0) is 4.79 Å². The molecular weight excluding hydrogens is 396 g/mol. The number of aliphatic hydroxyl groups is 1. The molecule has 6 nitrogen and oxygen atoms in total. The third kappa shape index (κ3) is 3.31. The Labute approximate surface area is 132 Å². The van der Waals surface area contributed by atoms with Crippen molar-refractivity contribution in [3.8, 4) is 0 Å². The van der Waals surface area contributed by atoms with Crippen molar-refractivity contribution in [2.45, 2.75) is 18.6 Å². The summed E-state index contributed by atoms with van der Waals surface area (Å²) in [7, 11) is 0. The normalized spacial score (nSPS) is 21.9. The van der Waals surface area contributed by atoms with Crippen molar-refractivity contribution in [2.75, 3.05) is 11.9 Å². The molecule has 1 aliphatic rings. The molecule has 20 heavy (non-hydrogen) atoms. The van der Waals surface area contributed by atoms with E-state index in [1.165, 1.54) is 0 Å². The molecule has 1 aliphatic heterocycles. The first kappa shape index (κ1) is 15.3. The molecule has 1 aromatic rings. The van der Waals surface area contributed by atoms with E-state index in [9.17, 15) is 14.7 Å². The van der Waals surface area contributed by atoms with Crippen LogP contribution in [0.2, 0.25) is 0 Å². The lowest BCUT2D eigenvalue weighted by atomic mass is 10.2. The van der Waals surface area contributed by atoms with Crippen molar-refractivity contribution < 1.29 is 19.8 Å². The maximum absolute atomic E-state index is 12.1. The predicted octanol–water partition coefficient (Wildman–Crippen LogP) is 2.26. The number of rotatable bonds is 2. The van der Waals surface area contributed by atoms with Gasteiger partial charge < -0.3 is 20.4 Å². The monoisotopic (exact) mass is 406 g/mol. The van der Waals surface area contributed by atoms with Gasteiger partial charge in [0.05, 0.1) is 11.8 Å². The summed E-state index contributed by atoms with van der Waals surface area (Å²) in [6, 6.07) is 3.71. The fourth-order valence-corrected chi connectivity index (χ4v) is 2.76. The summed E-state index contributed by atoms with van der Waals surface area (Å²) in [4.78, 5) is 24.4. The quantitative estimate of drug-likeness (QED) is 0.701. The molecule has 2 amide bonds. The maximum Gasteiger partial charge on any atom is 0.326 e. The molecule has 0 saturated carbocycles. The summed E-state index contributed by atoms with van der Waals surface area (Å²) < 4.78 is 1.47. The number of amides is 2. The molecule has 0 aromatic heterocycles. The maximum atomic E-state index is 12.1. The van der Waals surface area contributed by atoms with E-state index in [4.69, 9.17) is 5.11 Å². The number of aliphatic carboxylic acids is 1. The number of benzene rings is 1. The first-order valence-electron chi connectivity index (χ1n) is 5.82. The lowest BCUT2D eigenvalue weighted by Crippen LogP contribution is -2.43. The van der Waals surface area contributed by atoms with E-state index in [1.807, 2.05) is 0 Å². The SMILES string of the molecule is O=C(O)C1CC(O)CN1C(=O)Nc1cc(Br)ccc1Br. The largest absolute Gasteiger partial charge is 0.480 e. The summed E-state index contributed by atoms with van der Waals surface area (Å²) in [5, 5.41) is 21.2. The van der Waals surface area contributed by atoms with E-state index in [0.29, 0.717) is 10.2 Å². The molecule has 0 bridgehead atoms. The highest BCUT2D eigenvalue weighted by Crippen LogP contribution is 2.27. The number of carbonyl (C=O) groups excluding carboxylic acids is 1. The van der Waals surface area contributed by atoms with Crippen LogP contribution in [0.3, 0.4) is 0 Å². The number of nitrogens with one attached hydrogen (secondary N) is 1. The lowest BCUT2D eigenvalue weighted by molar-refractivity contribution is -0.141. The standard InChI is InChI=1S/C12H12Br2N2O4/c13-6-1-2-8(14)9(3-6)15-12(20)16-5-7(17)4-10(16)11(18)19/h1-3,7,10,17H,4-5H2,(H,15,20)(H,18,19). The van der Waals surface area contributed by atoms with Gasteiger partial charge in [0.25, 0.3) is 0 Å². The lowest BCUT2D eigenvalue weighted by Gasteiger charge is -2.22. The van der Waals surface area contributed by atoms with Crippen LogP contribution >= 0.6 is 31.9 Å². The average molecular weight is 408 g/mol. The van der Waals surface area contributed by atoms with Gasteiger partial charge in [-0.25, -0.2) is 9.59 Å². The van der Waals surface area contributed by atoms with Gasteiger partial charge in [-0.2, -0.15) is 0 Å². The smallest absolute Gasteiger partial charge is 0.326 e. The Morgan fingerprint density at radius 1 is 1.35 bits per heavy atom. The molecule has 2 rings (SSSR count). The van der Waals surface area contributed by atoms with Gasteiger partial charge in [0, 0.05) is 21.9 Å². The summed E-state index contributed by atoms with van der Waals surface area (Å²) >= 11 is 6.60. The van der Waals surface area contributed by atoms with Crippen LogP contribution in [0, 0.1) is 0 Å². The molecule has 3 N–H and O–H groups in total. The molecule has 1 aromatic carbocycles. The fourth-order valence-electron chi connectivity index (χ4n) is 2.05. The van der Waals surface area contributed by atoms with Crippen LogP contribution < -0.4 is 5.32 Å². The number of nitrogens with zero attached hydrogens (tertiary/aromatic N) is 1. The first-order valence-corrected chi connectivity index (χ1v) is 7.40. The van der Waals surface area contributed by atoms with E-state index >= 15 is 0 Å². The Bertz CT molecular complexity index is 552. The van der Waals surface area contributed by atoms with Crippen LogP contribution in [0.5, 0.6) is 0 Å². The molecule has 0 radical (unpaired) electrons. The third-order valence-electron chi connectivity index (χ3n) is 2.99. The van der Waals surface area contributed by atoms with Crippen LogP contribution in [0.4, 0.5) is 10.5 Å². The third-order valence-corrected chi connectivity index (χ3v) is 4.18. The van der Waals surface area contributed by atoms with E-state index < -0.39 is 24.1 Å². The zero-order valence-electron chi connectivity index (χ0n) is 10.2. The summed E-state index contributed by atoms with van der Waals surface area (Å²) in [5.74, 6) is -1.12. The van der Waals surface area contributed by atoms with Gasteiger partial charge >= 0.3 is 12.0 Å². The second-order valence-corrected chi connectivity index (χ2v) is 6.22. The Hall–Kier alpha value is -1.12. The minimum atomic E-state index is -1.12. The zero-order valence-corrected chi connectivity index (χ0v) is 13.4. The minimum Gasteiger partial charge on any atom is -0.480 e. The Kier molecular flexibility index (Phi) is 4.66. The summed E-state index contributed by atoms with van der Waals surface area (Å²) in [5.41, 5.74) is 0.523. The Balaban J connectivity index is 2.15. The van der Waals surface area contributed by atoms with Crippen molar-refractivity contribution in [2.24, 2.45) is 0 Å². The summed E-state index contributed by atoms with van der Waals surface area (Å²) in [6.07, 6.45) is -0.768. The van der Waals surface area contributed by atoms with Gasteiger partial charge in [0.15, 0.2) is 0 Å². The highest BCUT2D eigenvalue weighted by atomic mass is 79.9. The molecule has 0 aliphatic carbocycles.